The maximum Gasteiger partial charge on any atom is 0.0146 e. The van der Waals surface area contributed by atoms with Gasteiger partial charge in [0.15, 0.2) is 0 Å². The van der Waals surface area contributed by atoms with Crippen LogP contribution in [0.1, 0.15) is 40.5 Å². The molecule has 0 aliphatic carbocycles. The molecule has 0 aromatic carbocycles. The Bertz CT molecular complexity index is 123. The average Bonchev–Trinajstić information content (AvgIpc) is 2.03. The van der Waals surface area contributed by atoms with Crippen molar-refractivity contribution in [2.75, 3.05) is 13.1 Å². The molecule has 0 fully saturated rings. The molecule has 0 aliphatic heterocycles. The summed E-state index contributed by atoms with van der Waals surface area (Å²) in [5.41, 5.74) is 1.30. The zero-order chi connectivity index (χ0) is 9.56. The zero-order valence-corrected chi connectivity index (χ0v) is 9.06. The maximum atomic E-state index is 4.09. The summed E-state index contributed by atoms with van der Waals surface area (Å²) in [7, 11) is 0. The van der Waals surface area contributed by atoms with Crippen molar-refractivity contribution in [1.82, 2.24) is 4.90 Å². The highest BCUT2D eigenvalue weighted by Crippen LogP contribution is 2.13. The summed E-state index contributed by atoms with van der Waals surface area (Å²) in [6, 6.07) is 0. The van der Waals surface area contributed by atoms with Gasteiger partial charge in [-0.15, -0.1) is 0 Å². The molecule has 1 heteroatoms. The summed E-state index contributed by atoms with van der Waals surface area (Å²) in [5.74, 6) is 0.789. The van der Waals surface area contributed by atoms with E-state index in [9.17, 15) is 0 Å². The summed E-state index contributed by atoms with van der Waals surface area (Å²) in [6.45, 7) is 15.2. The van der Waals surface area contributed by atoms with Gasteiger partial charge in [0.1, 0.15) is 0 Å². The second kappa shape index (κ2) is 6.10. The van der Waals surface area contributed by atoms with E-state index in [0.717, 1.165) is 25.4 Å². The minimum absolute atomic E-state index is 0.789. The lowest BCUT2D eigenvalue weighted by molar-refractivity contribution is 0.360. The molecule has 0 saturated carbocycles. The van der Waals surface area contributed by atoms with Gasteiger partial charge in [-0.2, -0.15) is 0 Å². The molecular weight excluding hydrogens is 146 g/mol. The van der Waals surface area contributed by atoms with E-state index in [4.69, 9.17) is 0 Å². The SMILES string of the molecule is C=C(CCC(C)C)N(CC)CC. The summed E-state index contributed by atoms with van der Waals surface area (Å²) < 4.78 is 0. The van der Waals surface area contributed by atoms with E-state index < -0.39 is 0 Å². The fraction of sp³-hybridized carbons (Fsp3) is 0.818. The lowest BCUT2D eigenvalue weighted by atomic mass is 10.1. The monoisotopic (exact) mass is 169 g/mol. The predicted octanol–water partition coefficient (Wildman–Crippen LogP) is 3.28. The second-order valence-electron chi connectivity index (χ2n) is 3.67. The number of allylic oxidation sites excluding steroid dienone is 1. The molecule has 0 N–H and O–H groups in total. The van der Waals surface area contributed by atoms with E-state index in [2.05, 4.69) is 39.2 Å². The molecule has 0 heterocycles. The van der Waals surface area contributed by atoms with Gasteiger partial charge in [0.05, 0.1) is 0 Å². The van der Waals surface area contributed by atoms with E-state index in [-0.39, 0.29) is 0 Å². The Morgan fingerprint density at radius 2 is 1.75 bits per heavy atom. The first kappa shape index (κ1) is 11.5. The van der Waals surface area contributed by atoms with E-state index in [1.807, 2.05) is 0 Å². The minimum atomic E-state index is 0.789. The lowest BCUT2D eigenvalue weighted by Crippen LogP contribution is -2.21. The van der Waals surface area contributed by atoms with Crippen molar-refractivity contribution < 1.29 is 0 Å². The van der Waals surface area contributed by atoms with E-state index >= 15 is 0 Å². The number of hydrogen-bond acceptors (Lipinski definition) is 1. The molecule has 0 atom stereocenters. The summed E-state index contributed by atoms with van der Waals surface area (Å²) in [6.07, 6.45) is 2.41. The molecular formula is C11H23N. The number of rotatable bonds is 6. The van der Waals surface area contributed by atoms with E-state index in [1.165, 1.54) is 12.1 Å². The summed E-state index contributed by atoms with van der Waals surface area (Å²) in [4.78, 5) is 2.34. The van der Waals surface area contributed by atoms with Crippen LogP contribution in [0.25, 0.3) is 0 Å². The van der Waals surface area contributed by atoms with Gasteiger partial charge in [-0.3, -0.25) is 0 Å². The molecule has 72 valence electrons. The van der Waals surface area contributed by atoms with Crippen LogP contribution in [0.3, 0.4) is 0 Å². The third-order valence-corrected chi connectivity index (χ3v) is 2.22. The minimum Gasteiger partial charge on any atom is -0.376 e. The summed E-state index contributed by atoms with van der Waals surface area (Å²) >= 11 is 0. The maximum absolute atomic E-state index is 4.09. The standard InChI is InChI=1S/C11H23N/c1-6-12(7-2)11(5)9-8-10(3)4/h10H,5-9H2,1-4H3. The van der Waals surface area contributed by atoms with Crippen LogP contribution in [-0.4, -0.2) is 18.0 Å². The van der Waals surface area contributed by atoms with Crippen molar-refractivity contribution in [2.24, 2.45) is 5.92 Å². The Balaban J connectivity index is 3.69. The number of hydrogen-bond donors (Lipinski definition) is 0. The van der Waals surface area contributed by atoms with Gasteiger partial charge >= 0.3 is 0 Å². The zero-order valence-electron chi connectivity index (χ0n) is 9.06. The Kier molecular flexibility index (Phi) is 5.87. The Morgan fingerprint density at radius 1 is 1.25 bits per heavy atom. The van der Waals surface area contributed by atoms with Crippen molar-refractivity contribution >= 4 is 0 Å². The molecule has 0 spiro atoms. The molecule has 0 bridgehead atoms. The highest BCUT2D eigenvalue weighted by atomic mass is 15.1. The van der Waals surface area contributed by atoms with Gasteiger partial charge in [0, 0.05) is 18.8 Å². The average molecular weight is 169 g/mol. The van der Waals surface area contributed by atoms with Crippen LogP contribution >= 0.6 is 0 Å². The largest absolute Gasteiger partial charge is 0.376 e. The van der Waals surface area contributed by atoms with Crippen LogP contribution in [0.2, 0.25) is 0 Å². The van der Waals surface area contributed by atoms with E-state index in [0.29, 0.717) is 0 Å². The van der Waals surface area contributed by atoms with Crippen LogP contribution < -0.4 is 0 Å². The molecule has 12 heavy (non-hydrogen) atoms. The van der Waals surface area contributed by atoms with Crippen LogP contribution in [-0.2, 0) is 0 Å². The predicted molar refractivity (Wildman–Crippen MR) is 56.1 cm³/mol. The van der Waals surface area contributed by atoms with Gasteiger partial charge in [-0.25, -0.2) is 0 Å². The van der Waals surface area contributed by atoms with Crippen molar-refractivity contribution in [2.45, 2.75) is 40.5 Å². The van der Waals surface area contributed by atoms with Crippen LogP contribution in [0, 0.1) is 5.92 Å². The van der Waals surface area contributed by atoms with Crippen molar-refractivity contribution in [1.29, 1.82) is 0 Å². The first-order valence-corrected chi connectivity index (χ1v) is 5.04. The van der Waals surface area contributed by atoms with Gasteiger partial charge in [-0.1, -0.05) is 20.4 Å². The van der Waals surface area contributed by atoms with Crippen LogP contribution in [0.4, 0.5) is 0 Å². The molecule has 0 saturated heterocycles. The molecule has 0 amide bonds. The van der Waals surface area contributed by atoms with Crippen molar-refractivity contribution in [3.8, 4) is 0 Å². The fourth-order valence-electron chi connectivity index (χ4n) is 1.28. The normalized spacial score (nSPS) is 10.4. The van der Waals surface area contributed by atoms with Gasteiger partial charge in [-0.05, 0) is 32.6 Å². The molecule has 0 aromatic heterocycles. The van der Waals surface area contributed by atoms with Gasteiger partial charge < -0.3 is 4.90 Å². The molecule has 1 nitrogen and oxygen atoms in total. The van der Waals surface area contributed by atoms with Crippen LogP contribution in [0.15, 0.2) is 12.3 Å². The molecule has 0 rings (SSSR count). The van der Waals surface area contributed by atoms with Crippen molar-refractivity contribution in [3.63, 3.8) is 0 Å². The first-order chi connectivity index (χ1) is 5.61. The fourth-order valence-corrected chi connectivity index (χ4v) is 1.28. The molecule has 0 unspecified atom stereocenters. The smallest absolute Gasteiger partial charge is 0.0146 e. The van der Waals surface area contributed by atoms with Crippen molar-refractivity contribution in [3.05, 3.63) is 12.3 Å². The van der Waals surface area contributed by atoms with Gasteiger partial charge in [0.25, 0.3) is 0 Å². The Hall–Kier alpha value is -0.460. The lowest BCUT2D eigenvalue weighted by Gasteiger charge is -2.23. The Labute approximate surface area is 77.5 Å². The highest BCUT2D eigenvalue weighted by molar-refractivity contribution is 4.92. The van der Waals surface area contributed by atoms with Crippen LogP contribution in [0.5, 0.6) is 0 Å². The molecule has 0 aromatic rings. The summed E-state index contributed by atoms with van der Waals surface area (Å²) in [5, 5.41) is 0. The second-order valence-corrected chi connectivity index (χ2v) is 3.67. The third kappa shape index (κ3) is 4.42. The number of nitrogens with zero attached hydrogens (tertiary/aromatic N) is 1. The highest BCUT2D eigenvalue weighted by Gasteiger charge is 2.03. The molecule has 0 radical (unpaired) electrons. The van der Waals surface area contributed by atoms with E-state index in [1.54, 1.807) is 0 Å². The first-order valence-electron chi connectivity index (χ1n) is 5.04. The third-order valence-electron chi connectivity index (χ3n) is 2.22. The topological polar surface area (TPSA) is 3.24 Å². The van der Waals surface area contributed by atoms with Gasteiger partial charge in [0.2, 0.25) is 0 Å². The Morgan fingerprint density at radius 3 is 2.08 bits per heavy atom. The molecule has 0 aliphatic rings. The quantitative estimate of drug-likeness (QED) is 0.590.